The molecule has 7 heteroatoms. The van der Waals surface area contributed by atoms with Gasteiger partial charge in [-0.2, -0.15) is 4.98 Å². The monoisotopic (exact) mass is 308 g/mol. The number of aryl methyl sites for hydroxylation is 1. The second-order valence-corrected chi connectivity index (χ2v) is 6.13. The highest BCUT2D eigenvalue weighted by atomic mass is 16.5. The van der Waals surface area contributed by atoms with Crippen LogP contribution in [0.3, 0.4) is 0 Å². The molecule has 0 bridgehead atoms. The van der Waals surface area contributed by atoms with Crippen molar-refractivity contribution in [1.82, 2.24) is 19.9 Å². The zero-order chi connectivity index (χ0) is 15.5. The van der Waals surface area contributed by atoms with Crippen molar-refractivity contribution in [3.63, 3.8) is 0 Å². The van der Waals surface area contributed by atoms with Crippen molar-refractivity contribution in [3.05, 3.63) is 11.7 Å². The van der Waals surface area contributed by atoms with E-state index in [1.165, 1.54) is 0 Å². The Hall–Kier alpha value is -1.47. The van der Waals surface area contributed by atoms with Crippen molar-refractivity contribution in [2.45, 2.75) is 38.6 Å². The van der Waals surface area contributed by atoms with Gasteiger partial charge in [0.1, 0.15) is 0 Å². The molecule has 3 heterocycles. The molecule has 0 unspecified atom stereocenters. The summed E-state index contributed by atoms with van der Waals surface area (Å²) in [4.78, 5) is 21.1. The summed E-state index contributed by atoms with van der Waals surface area (Å²) in [6, 6.07) is -0.107. The molecule has 1 amide bonds. The lowest BCUT2D eigenvalue weighted by molar-refractivity contribution is -0.141. The summed E-state index contributed by atoms with van der Waals surface area (Å²) in [5.41, 5.74) is 0. The Bertz CT molecular complexity index is 513. The van der Waals surface area contributed by atoms with Gasteiger partial charge >= 0.3 is 0 Å². The van der Waals surface area contributed by atoms with Crippen molar-refractivity contribution < 1.29 is 14.1 Å². The second kappa shape index (κ2) is 6.75. The highest BCUT2D eigenvalue weighted by Gasteiger charge is 2.32. The number of nitrogens with zero attached hydrogens (tertiary/aromatic N) is 4. The van der Waals surface area contributed by atoms with E-state index in [0.717, 1.165) is 25.9 Å². The molecule has 0 aromatic carbocycles. The molecule has 0 saturated carbocycles. The predicted octanol–water partition coefficient (Wildman–Crippen LogP) is 0.805. The number of carbonyl (C=O) groups excluding carboxylic acids is 1. The van der Waals surface area contributed by atoms with Gasteiger partial charge < -0.3 is 14.2 Å². The highest BCUT2D eigenvalue weighted by molar-refractivity contribution is 5.81. The topological polar surface area (TPSA) is 71.7 Å². The zero-order valence-electron chi connectivity index (χ0n) is 13.3. The third kappa shape index (κ3) is 3.30. The van der Waals surface area contributed by atoms with Crippen LogP contribution in [0, 0.1) is 6.92 Å². The van der Waals surface area contributed by atoms with Crippen LogP contribution in [0.15, 0.2) is 4.52 Å². The van der Waals surface area contributed by atoms with Gasteiger partial charge in [0.25, 0.3) is 0 Å². The Morgan fingerprint density at radius 1 is 1.32 bits per heavy atom. The quantitative estimate of drug-likeness (QED) is 0.823. The van der Waals surface area contributed by atoms with Crippen molar-refractivity contribution in [3.8, 4) is 0 Å². The average molecular weight is 308 g/mol. The highest BCUT2D eigenvalue weighted by Crippen LogP contribution is 2.27. The van der Waals surface area contributed by atoms with Crippen LogP contribution < -0.4 is 0 Å². The molecule has 2 aliphatic rings. The summed E-state index contributed by atoms with van der Waals surface area (Å²) in [5.74, 6) is 1.80. The summed E-state index contributed by atoms with van der Waals surface area (Å²) in [6.07, 6.45) is 2.09. The standard InChI is InChI=1S/C15H24N4O3/c1-11(15(20)18-6-8-21-9-7-18)19-5-3-4-13(10-19)14-16-12(2)17-22-14/h11,13H,3-10H2,1-2H3/t11-,13+/m1/s1. The maximum Gasteiger partial charge on any atom is 0.239 e. The molecule has 0 N–H and O–H groups in total. The van der Waals surface area contributed by atoms with Gasteiger partial charge in [0.2, 0.25) is 11.8 Å². The van der Waals surface area contributed by atoms with Gasteiger partial charge in [0, 0.05) is 19.6 Å². The molecule has 22 heavy (non-hydrogen) atoms. The van der Waals surface area contributed by atoms with E-state index in [0.29, 0.717) is 38.0 Å². The summed E-state index contributed by atoms with van der Waals surface area (Å²) < 4.78 is 10.6. The van der Waals surface area contributed by atoms with Crippen LogP contribution in [0.25, 0.3) is 0 Å². The van der Waals surface area contributed by atoms with Crippen LogP contribution in [0.1, 0.15) is 37.4 Å². The van der Waals surface area contributed by atoms with Gasteiger partial charge in [-0.15, -0.1) is 0 Å². The molecule has 7 nitrogen and oxygen atoms in total. The van der Waals surface area contributed by atoms with E-state index < -0.39 is 0 Å². The summed E-state index contributed by atoms with van der Waals surface area (Å²) in [5, 5.41) is 3.88. The third-order valence-electron chi connectivity index (χ3n) is 4.57. The normalized spacial score (nSPS) is 25.2. The Morgan fingerprint density at radius 2 is 2.09 bits per heavy atom. The molecule has 0 radical (unpaired) electrons. The first kappa shape index (κ1) is 15.4. The van der Waals surface area contributed by atoms with Gasteiger partial charge in [-0.05, 0) is 33.2 Å². The van der Waals surface area contributed by atoms with Crippen LogP contribution >= 0.6 is 0 Å². The fourth-order valence-electron chi connectivity index (χ4n) is 3.24. The van der Waals surface area contributed by atoms with Crippen molar-refractivity contribution in [1.29, 1.82) is 0 Å². The maximum atomic E-state index is 12.6. The Balaban J connectivity index is 1.62. The molecular formula is C15H24N4O3. The largest absolute Gasteiger partial charge is 0.378 e. The number of hydrogen-bond acceptors (Lipinski definition) is 6. The summed E-state index contributed by atoms with van der Waals surface area (Å²) in [6.45, 7) is 8.26. The maximum absolute atomic E-state index is 12.6. The molecule has 1 aromatic heterocycles. The van der Waals surface area contributed by atoms with Crippen molar-refractivity contribution in [2.24, 2.45) is 0 Å². The number of carbonyl (C=O) groups is 1. The Kier molecular flexibility index (Phi) is 4.73. The minimum Gasteiger partial charge on any atom is -0.378 e. The first-order chi connectivity index (χ1) is 10.6. The van der Waals surface area contributed by atoms with Crippen molar-refractivity contribution >= 4 is 5.91 Å². The fourth-order valence-corrected chi connectivity index (χ4v) is 3.24. The molecule has 1 aromatic rings. The molecule has 2 aliphatic heterocycles. The number of likely N-dealkylation sites (tertiary alicyclic amines) is 1. The molecule has 2 fully saturated rings. The number of rotatable bonds is 3. The van der Waals surface area contributed by atoms with E-state index in [-0.39, 0.29) is 17.9 Å². The molecule has 2 saturated heterocycles. The predicted molar refractivity (Wildman–Crippen MR) is 79.4 cm³/mol. The molecule has 122 valence electrons. The molecule has 0 spiro atoms. The van der Waals surface area contributed by atoms with E-state index in [9.17, 15) is 4.79 Å². The summed E-state index contributed by atoms with van der Waals surface area (Å²) in [7, 11) is 0. The van der Waals surface area contributed by atoms with Crippen LogP contribution in [0.4, 0.5) is 0 Å². The lowest BCUT2D eigenvalue weighted by Gasteiger charge is -2.38. The van der Waals surface area contributed by atoms with E-state index in [2.05, 4.69) is 15.0 Å². The first-order valence-corrected chi connectivity index (χ1v) is 8.06. The van der Waals surface area contributed by atoms with Gasteiger partial charge in [-0.25, -0.2) is 0 Å². The van der Waals surface area contributed by atoms with Gasteiger partial charge in [-0.1, -0.05) is 5.16 Å². The van der Waals surface area contributed by atoms with Crippen LogP contribution in [0.5, 0.6) is 0 Å². The lowest BCUT2D eigenvalue weighted by Crippen LogP contribution is -2.52. The summed E-state index contributed by atoms with van der Waals surface area (Å²) >= 11 is 0. The van der Waals surface area contributed by atoms with Gasteiger partial charge in [0.05, 0.1) is 25.2 Å². The van der Waals surface area contributed by atoms with E-state index >= 15 is 0 Å². The number of morpholine rings is 1. The SMILES string of the molecule is Cc1noc([C@H]2CCCN([C@H](C)C(=O)N3CCOCC3)C2)n1. The van der Waals surface area contributed by atoms with Gasteiger partial charge in [0.15, 0.2) is 5.82 Å². The van der Waals surface area contributed by atoms with Crippen molar-refractivity contribution in [2.75, 3.05) is 39.4 Å². The number of piperidine rings is 1. The number of hydrogen-bond donors (Lipinski definition) is 0. The minimum absolute atomic E-state index is 0.107. The van der Waals surface area contributed by atoms with Crippen LogP contribution in [-0.4, -0.2) is 71.3 Å². The minimum atomic E-state index is -0.107. The molecule has 0 aliphatic carbocycles. The number of amides is 1. The fraction of sp³-hybridized carbons (Fsp3) is 0.800. The number of aromatic nitrogens is 2. The molecule has 3 rings (SSSR count). The Morgan fingerprint density at radius 3 is 2.77 bits per heavy atom. The molecule has 2 atom stereocenters. The lowest BCUT2D eigenvalue weighted by atomic mass is 9.96. The first-order valence-electron chi connectivity index (χ1n) is 8.06. The van der Waals surface area contributed by atoms with E-state index in [4.69, 9.17) is 9.26 Å². The Labute approximate surface area is 130 Å². The van der Waals surface area contributed by atoms with Crippen LogP contribution in [0.2, 0.25) is 0 Å². The second-order valence-electron chi connectivity index (χ2n) is 6.13. The smallest absolute Gasteiger partial charge is 0.239 e. The van der Waals surface area contributed by atoms with E-state index in [1.54, 1.807) is 0 Å². The third-order valence-corrected chi connectivity index (χ3v) is 4.57. The molecular weight excluding hydrogens is 284 g/mol. The van der Waals surface area contributed by atoms with Crippen LogP contribution in [-0.2, 0) is 9.53 Å². The van der Waals surface area contributed by atoms with Gasteiger partial charge in [-0.3, -0.25) is 9.69 Å². The average Bonchev–Trinajstić information content (AvgIpc) is 3.01. The number of ether oxygens (including phenoxy) is 1. The van der Waals surface area contributed by atoms with E-state index in [1.807, 2.05) is 18.7 Å². The zero-order valence-corrected chi connectivity index (χ0v) is 13.3.